The minimum Gasteiger partial charge on any atom is -0.487 e. The van der Waals surface area contributed by atoms with Crippen molar-refractivity contribution in [3.63, 3.8) is 0 Å². The zero-order valence-corrected chi connectivity index (χ0v) is 28.0. The third-order valence-electron chi connectivity index (χ3n) is 9.34. The fourth-order valence-electron chi connectivity index (χ4n) is 6.74. The van der Waals surface area contributed by atoms with Crippen molar-refractivity contribution in [3.05, 3.63) is 48.1 Å². The van der Waals surface area contributed by atoms with Gasteiger partial charge in [0.05, 0.1) is 50.2 Å². The molecule has 1 aromatic carbocycles. The van der Waals surface area contributed by atoms with Gasteiger partial charge in [-0.1, -0.05) is 17.7 Å². The Labute approximate surface area is 285 Å². The lowest BCUT2D eigenvalue weighted by Crippen LogP contribution is -2.45. The zero-order chi connectivity index (χ0) is 32.7. The van der Waals surface area contributed by atoms with Crippen LogP contribution in [0.3, 0.4) is 0 Å². The second-order valence-electron chi connectivity index (χ2n) is 12.9. The summed E-state index contributed by atoms with van der Waals surface area (Å²) in [6, 6.07) is 6.56. The number of benzene rings is 1. The molecule has 3 aromatic heterocycles. The van der Waals surface area contributed by atoms with E-state index < -0.39 is 0 Å². The van der Waals surface area contributed by atoms with E-state index in [4.69, 9.17) is 35.6 Å². The SMILES string of the molecule is C[C@@H](Cn1cnnn1)Oc1cc(-c2cnc(Nc3cn([C@H]4CC[C@H](N5CCOCC5)CC4)nc3OCC3CCCOC3)nc2)ccc1Cl. The van der Waals surface area contributed by atoms with Crippen molar-refractivity contribution in [2.24, 2.45) is 5.92 Å². The molecule has 0 spiro atoms. The highest BCUT2D eigenvalue weighted by atomic mass is 35.5. The van der Waals surface area contributed by atoms with Crippen LogP contribution >= 0.6 is 11.6 Å². The van der Waals surface area contributed by atoms with Gasteiger partial charge in [-0.25, -0.2) is 14.6 Å². The number of nitrogens with zero attached hydrogens (tertiary/aromatic N) is 9. The van der Waals surface area contributed by atoms with E-state index in [1.165, 1.54) is 0 Å². The van der Waals surface area contributed by atoms with Crippen molar-refractivity contribution in [1.29, 1.82) is 0 Å². The number of ether oxygens (including phenoxy) is 4. The first-order valence-electron chi connectivity index (χ1n) is 17.0. The van der Waals surface area contributed by atoms with Crippen molar-refractivity contribution >= 4 is 23.2 Å². The Morgan fingerprint density at radius 3 is 2.56 bits per heavy atom. The number of nitrogens with one attached hydrogen (secondary N) is 1. The molecule has 4 aromatic rings. The van der Waals surface area contributed by atoms with Crippen LogP contribution in [0.5, 0.6) is 11.6 Å². The van der Waals surface area contributed by atoms with Crippen molar-refractivity contribution in [2.45, 2.75) is 70.2 Å². The maximum Gasteiger partial charge on any atom is 0.256 e. The van der Waals surface area contributed by atoms with Gasteiger partial charge in [-0.2, -0.15) is 0 Å². The van der Waals surface area contributed by atoms with Gasteiger partial charge in [0.15, 0.2) is 0 Å². The topological polar surface area (TPSA) is 139 Å². The monoisotopic (exact) mass is 678 g/mol. The fraction of sp³-hybridized carbons (Fsp3) is 0.576. The summed E-state index contributed by atoms with van der Waals surface area (Å²) in [5.74, 6) is 1.94. The van der Waals surface area contributed by atoms with Crippen LogP contribution in [0.15, 0.2) is 43.1 Å². The highest BCUT2D eigenvalue weighted by Crippen LogP contribution is 2.36. The molecule has 0 bridgehead atoms. The van der Waals surface area contributed by atoms with Crippen LogP contribution in [0.25, 0.3) is 11.1 Å². The van der Waals surface area contributed by atoms with E-state index in [-0.39, 0.29) is 6.10 Å². The van der Waals surface area contributed by atoms with Gasteiger partial charge in [0.2, 0.25) is 5.95 Å². The van der Waals surface area contributed by atoms with E-state index in [1.807, 2.05) is 31.3 Å². The summed E-state index contributed by atoms with van der Waals surface area (Å²) in [5.41, 5.74) is 2.47. The van der Waals surface area contributed by atoms with Crippen LogP contribution in [0.4, 0.5) is 11.6 Å². The lowest BCUT2D eigenvalue weighted by molar-refractivity contribution is 0.00498. The second-order valence-corrected chi connectivity index (χ2v) is 13.3. The van der Waals surface area contributed by atoms with Crippen molar-refractivity contribution in [1.82, 2.24) is 44.9 Å². The lowest BCUT2D eigenvalue weighted by atomic mass is 9.90. The molecule has 3 aliphatic rings. The van der Waals surface area contributed by atoms with Gasteiger partial charge < -0.3 is 24.3 Å². The maximum absolute atomic E-state index is 6.47. The molecule has 48 heavy (non-hydrogen) atoms. The molecule has 256 valence electrons. The lowest BCUT2D eigenvalue weighted by Gasteiger charge is -2.38. The number of hydrogen-bond donors (Lipinski definition) is 1. The highest BCUT2D eigenvalue weighted by Gasteiger charge is 2.29. The van der Waals surface area contributed by atoms with Gasteiger partial charge in [0, 0.05) is 49.6 Å². The predicted molar refractivity (Wildman–Crippen MR) is 179 cm³/mol. The molecule has 1 unspecified atom stereocenters. The molecule has 1 N–H and O–H groups in total. The molecule has 3 fully saturated rings. The number of rotatable bonds is 12. The van der Waals surface area contributed by atoms with Gasteiger partial charge in [-0.3, -0.25) is 9.58 Å². The Balaban J connectivity index is 1.03. The largest absolute Gasteiger partial charge is 0.487 e. The molecule has 1 aliphatic carbocycles. The van der Waals surface area contributed by atoms with Crippen LogP contribution in [0, 0.1) is 5.92 Å². The molecule has 2 atom stereocenters. The number of hydrogen-bond acceptors (Lipinski definition) is 12. The summed E-state index contributed by atoms with van der Waals surface area (Å²) in [4.78, 5) is 11.9. The minimum absolute atomic E-state index is 0.202. The van der Waals surface area contributed by atoms with Crippen molar-refractivity contribution < 1.29 is 18.9 Å². The Bertz CT molecular complexity index is 1580. The Hall–Kier alpha value is -3.85. The number of tetrazole rings is 1. The molecule has 0 radical (unpaired) electrons. The average molecular weight is 679 g/mol. The van der Waals surface area contributed by atoms with Gasteiger partial charge in [-0.05, 0) is 73.6 Å². The Morgan fingerprint density at radius 2 is 1.81 bits per heavy atom. The number of halogens is 1. The highest BCUT2D eigenvalue weighted by molar-refractivity contribution is 6.32. The molecule has 14 nitrogen and oxygen atoms in total. The molecular formula is C33H43ClN10O4. The molecule has 7 rings (SSSR count). The first kappa shape index (κ1) is 32.7. The molecule has 2 aliphatic heterocycles. The first-order valence-corrected chi connectivity index (χ1v) is 17.3. The normalized spacial score (nSPS) is 22.7. The van der Waals surface area contributed by atoms with E-state index >= 15 is 0 Å². The van der Waals surface area contributed by atoms with Gasteiger partial charge in [0.25, 0.3) is 5.88 Å². The summed E-state index contributed by atoms with van der Waals surface area (Å²) in [7, 11) is 0. The van der Waals surface area contributed by atoms with Crippen molar-refractivity contribution in [2.75, 3.05) is 51.4 Å². The van der Waals surface area contributed by atoms with Crippen molar-refractivity contribution in [3.8, 4) is 22.8 Å². The predicted octanol–water partition coefficient (Wildman–Crippen LogP) is 4.81. The Morgan fingerprint density at radius 1 is 1.00 bits per heavy atom. The third kappa shape index (κ3) is 8.23. The molecular weight excluding hydrogens is 636 g/mol. The summed E-state index contributed by atoms with van der Waals surface area (Å²) < 4.78 is 27.4. The Kier molecular flexibility index (Phi) is 10.6. The van der Waals surface area contributed by atoms with Crippen LogP contribution in [-0.4, -0.2) is 103 Å². The first-order chi connectivity index (χ1) is 23.6. The van der Waals surface area contributed by atoms with E-state index in [9.17, 15) is 0 Å². The van der Waals surface area contributed by atoms with Crippen LogP contribution in [-0.2, 0) is 16.0 Å². The number of morpholine rings is 1. The summed E-state index contributed by atoms with van der Waals surface area (Å²) in [6.45, 7) is 8.26. The number of anilines is 2. The van der Waals surface area contributed by atoms with Gasteiger partial charge >= 0.3 is 0 Å². The van der Waals surface area contributed by atoms with E-state index in [0.29, 0.717) is 53.8 Å². The second kappa shape index (κ2) is 15.6. The molecule has 2 saturated heterocycles. The van der Waals surface area contributed by atoms with Gasteiger partial charge in [0.1, 0.15) is 23.9 Å². The van der Waals surface area contributed by atoms with Gasteiger partial charge in [-0.15, -0.1) is 10.2 Å². The van der Waals surface area contributed by atoms with Crippen LogP contribution in [0.2, 0.25) is 5.02 Å². The molecule has 0 amide bonds. The smallest absolute Gasteiger partial charge is 0.256 e. The fourth-order valence-corrected chi connectivity index (χ4v) is 6.90. The third-order valence-corrected chi connectivity index (χ3v) is 9.65. The quantitative estimate of drug-likeness (QED) is 0.220. The molecule has 1 saturated carbocycles. The standard InChI is InChI=1S/C33H43ClN10O4/c1-23(18-43-22-37-40-41-43)48-31-15-25(4-9-29(31)34)26-16-35-33(36-17-26)38-30-19-44(39-32(30)47-21-24-3-2-12-46-20-24)28-7-5-27(6-8-28)42-10-13-45-14-11-42/h4,9,15-17,19,22-24,27-28H,2-3,5-8,10-14,18,20-21H2,1H3,(H,35,36,38)/t23-,24?,27-,28-/m0/s1. The van der Waals surface area contributed by atoms with E-state index in [1.54, 1.807) is 23.4 Å². The minimum atomic E-state index is -0.202. The number of aromatic nitrogens is 8. The molecule has 5 heterocycles. The maximum atomic E-state index is 6.47. The van der Waals surface area contributed by atoms with E-state index in [0.717, 1.165) is 94.9 Å². The summed E-state index contributed by atoms with van der Waals surface area (Å²) in [5, 5.41) is 20.1. The zero-order valence-electron chi connectivity index (χ0n) is 27.3. The van der Waals surface area contributed by atoms with Crippen LogP contribution < -0.4 is 14.8 Å². The molecule has 15 heteroatoms. The average Bonchev–Trinajstić information content (AvgIpc) is 3.79. The van der Waals surface area contributed by atoms with E-state index in [2.05, 4.69) is 40.4 Å². The summed E-state index contributed by atoms with van der Waals surface area (Å²) >= 11 is 6.47. The summed E-state index contributed by atoms with van der Waals surface area (Å²) in [6.07, 6.45) is 13.6. The van der Waals surface area contributed by atoms with Crippen LogP contribution in [0.1, 0.15) is 51.5 Å².